The van der Waals surface area contributed by atoms with Gasteiger partial charge in [0, 0.05) is 17.7 Å². The number of carbonyl (C=O) groups excluding carboxylic acids is 1. The van der Waals surface area contributed by atoms with E-state index in [4.69, 9.17) is 16.3 Å². The van der Waals surface area contributed by atoms with Crippen molar-refractivity contribution < 1.29 is 9.53 Å². The number of halogens is 1. The second-order valence-corrected chi connectivity index (χ2v) is 3.98. The first-order valence-electron chi connectivity index (χ1n) is 5.53. The van der Waals surface area contributed by atoms with E-state index in [9.17, 15) is 4.79 Å². The minimum atomic E-state index is -0.421. The molecule has 1 aliphatic rings. The van der Waals surface area contributed by atoms with E-state index in [2.05, 4.69) is 10.2 Å². The molecule has 0 saturated carbocycles. The highest BCUT2D eigenvalue weighted by atomic mass is 35.5. The number of rotatable bonds is 3. The van der Waals surface area contributed by atoms with Gasteiger partial charge in [0.05, 0.1) is 12.3 Å². The fourth-order valence-corrected chi connectivity index (χ4v) is 1.63. The van der Waals surface area contributed by atoms with Crippen molar-refractivity contribution in [1.29, 1.82) is 0 Å². The maximum Gasteiger partial charge on any atom is 0.354 e. The van der Waals surface area contributed by atoms with E-state index >= 15 is 0 Å². The van der Waals surface area contributed by atoms with Crippen LogP contribution in [0.4, 0.5) is 5.69 Å². The van der Waals surface area contributed by atoms with Crippen LogP contribution in [0.3, 0.4) is 0 Å². The van der Waals surface area contributed by atoms with Crippen molar-refractivity contribution in [2.24, 2.45) is 10.2 Å². The van der Waals surface area contributed by atoms with Crippen LogP contribution in [0.15, 0.2) is 34.5 Å². The molecule has 0 unspecified atom stereocenters. The lowest BCUT2D eigenvalue weighted by atomic mass is 10.3. The van der Waals surface area contributed by atoms with Gasteiger partial charge in [-0.1, -0.05) is 17.7 Å². The summed E-state index contributed by atoms with van der Waals surface area (Å²) in [5.41, 5.74) is 1.02. The molecule has 6 heteroatoms. The predicted molar refractivity (Wildman–Crippen MR) is 71.1 cm³/mol. The van der Waals surface area contributed by atoms with E-state index in [0.717, 1.165) is 0 Å². The Bertz CT molecular complexity index is 514. The quantitative estimate of drug-likeness (QED) is 0.789. The summed E-state index contributed by atoms with van der Waals surface area (Å²) in [5, 5.41) is 10.2. The Morgan fingerprint density at radius 1 is 1.56 bits per heavy atom. The Hall–Kier alpha value is -1.88. The van der Waals surface area contributed by atoms with Gasteiger partial charge in [-0.15, -0.1) is 5.10 Å². The summed E-state index contributed by atoms with van der Waals surface area (Å²) in [6.07, 6.45) is 1.98. The molecule has 0 bridgehead atoms. The molecular formula is C12H12ClN3O2. The number of esters is 1. The molecule has 0 radical (unpaired) electrons. The van der Waals surface area contributed by atoms with Gasteiger partial charge >= 0.3 is 5.97 Å². The first kappa shape index (κ1) is 12.6. The normalized spacial score (nSPS) is 14.3. The van der Waals surface area contributed by atoms with Crippen molar-refractivity contribution in [2.75, 3.05) is 11.7 Å². The lowest BCUT2D eigenvalue weighted by molar-refractivity contribution is -0.135. The maximum absolute atomic E-state index is 11.6. The van der Waals surface area contributed by atoms with E-state index in [0.29, 0.717) is 29.4 Å². The van der Waals surface area contributed by atoms with Crippen molar-refractivity contribution in [3.63, 3.8) is 0 Å². The van der Waals surface area contributed by atoms with E-state index in [1.165, 1.54) is 5.12 Å². The highest BCUT2D eigenvalue weighted by Gasteiger charge is 2.17. The molecule has 0 amide bonds. The Labute approximate surface area is 110 Å². The molecule has 18 heavy (non-hydrogen) atoms. The fraction of sp³-hybridized carbons (Fsp3) is 0.250. The molecule has 0 spiro atoms. The molecule has 1 heterocycles. The number of nitrogens with zero attached hydrogens (tertiary/aromatic N) is 3. The van der Waals surface area contributed by atoms with Crippen LogP contribution in [-0.4, -0.2) is 24.5 Å². The summed E-state index contributed by atoms with van der Waals surface area (Å²) in [5.74, 6) is -0.421. The molecule has 0 saturated heterocycles. The summed E-state index contributed by atoms with van der Waals surface area (Å²) in [6, 6.07) is 7.08. The second kappa shape index (κ2) is 5.64. The fourth-order valence-electron chi connectivity index (χ4n) is 1.45. The zero-order chi connectivity index (χ0) is 13.0. The first-order valence-corrected chi connectivity index (χ1v) is 5.91. The van der Waals surface area contributed by atoms with Gasteiger partial charge in [0.2, 0.25) is 0 Å². The third kappa shape index (κ3) is 2.87. The van der Waals surface area contributed by atoms with Crippen molar-refractivity contribution in [3.05, 3.63) is 29.3 Å². The Morgan fingerprint density at radius 3 is 3.11 bits per heavy atom. The minimum absolute atomic E-state index is 0.326. The van der Waals surface area contributed by atoms with Gasteiger partial charge in [-0.05, 0) is 25.1 Å². The van der Waals surface area contributed by atoms with Gasteiger partial charge in [0.1, 0.15) is 0 Å². The summed E-state index contributed by atoms with van der Waals surface area (Å²) >= 11 is 5.89. The average molecular weight is 266 g/mol. The van der Waals surface area contributed by atoms with Crippen LogP contribution >= 0.6 is 11.6 Å². The van der Waals surface area contributed by atoms with Gasteiger partial charge < -0.3 is 4.74 Å². The van der Waals surface area contributed by atoms with E-state index in [-0.39, 0.29) is 0 Å². The number of benzene rings is 1. The molecule has 0 atom stereocenters. The number of ether oxygens (including phenoxy) is 1. The highest BCUT2D eigenvalue weighted by molar-refractivity contribution is 6.39. The van der Waals surface area contributed by atoms with Crippen LogP contribution in [0.5, 0.6) is 0 Å². The van der Waals surface area contributed by atoms with Crippen LogP contribution in [0.25, 0.3) is 0 Å². The standard InChI is InChI=1S/C12H12ClN3O2/c1-2-18-12(17)11-6-7-14-16(15-11)10-5-3-4-9(13)8-10/h3-5,7-8H,2,6H2,1H3. The van der Waals surface area contributed by atoms with E-state index < -0.39 is 5.97 Å². The van der Waals surface area contributed by atoms with E-state index in [1.54, 1.807) is 37.4 Å². The highest BCUT2D eigenvalue weighted by Crippen LogP contribution is 2.21. The third-order valence-electron chi connectivity index (χ3n) is 2.24. The summed E-state index contributed by atoms with van der Waals surface area (Å²) in [7, 11) is 0. The van der Waals surface area contributed by atoms with Crippen molar-refractivity contribution >= 4 is 35.2 Å². The topological polar surface area (TPSA) is 54.3 Å². The molecule has 1 aromatic rings. The molecule has 0 fully saturated rings. The van der Waals surface area contributed by atoms with E-state index in [1.807, 2.05) is 0 Å². The lowest BCUT2D eigenvalue weighted by Gasteiger charge is -2.17. The molecule has 94 valence electrons. The van der Waals surface area contributed by atoms with Crippen molar-refractivity contribution in [1.82, 2.24) is 0 Å². The Balaban J connectivity index is 2.21. The number of hydrogen-bond donors (Lipinski definition) is 0. The molecular weight excluding hydrogens is 254 g/mol. The molecule has 2 rings (SSSR count). The van der Waals surface area contributed by atoms with Crippen LogP contribution < -0.4 is 5.12 Å². The predicted octanol–water partition coefficient (Wildman–Crippen LogP) is 2.46. The van der Waals surface area contributed by atoms with Gasteiger partial charge in [-0.3, -0.25) is 0 Å². The van der Waals surface area contributed by atoms with Gasteiger partial charge in [0.15, 0.2) is 5.71 Å². The molecule has 1 aromatic carbocycles. The summed E-state index contributed by atoms with van der Waals surface area (Å²) in [6.45, 7) is 2.08. The number of anilines is 1. The smallest absolute Gasteiger partial charge is 0.354 e. The number of carbonyl (C=O) groups is 1. The monoisotopic (exact) mass is 265 g/mol. The van der Waals surface area contributed by atoms with Gasteiger partial charge in [0.25, 0.3) is 0 Å². The van der Waals surface area contributed by atoms with Crippen LogP contribution in [0.2, 0.25) is 5.02 Å². The summed E-state index contributed by atoms with van der Waals surface area (Å²) < 4.78 is 4.91. The molecule has 0 aliphatic carbocycles. The van der Waals surface area contributed by atoms with Crippen molar-refractivity contribution in [3.8, 4) is 0 Å². The number of hydrazone groups is 2. The molecule has 5 nitrogen and oxygen atoms in total. The third-order valence-corrected chi connectivity index (χ3v) is 2.48. The zero-order valence-electron chi connectivity index (χ0n) is 9.84. The lowest BCUT2D eigenvalue weighted by Crippen LogP contribution is -2.25. The molecule has 1 aliphatic heterocycles. The van der Waals surface area contributed by atoms with Gasteiger partial charge in [-0.2, -0.15) is 10.2 Å². The maximum atomic E-state index is 11.6. The SMILES string of the molecule is CCOC(=O)C1=NN(c2cccc(Cl)c2)N=CC1. The van der Waals surface area contributed by atoms with Crippen LogP contribution in [-0.2, 0) is 9.53 Å². The second-order valence-electron chi connectivity index (χ2n) is 3.54. The zero-order valence-corrected chi connectivity index (χ0v) is 10.6. The first-order chi connectivity index (χ1) is 8.70. The average Bonchev–Trinajstić information content (AvgIpc) is 2.39. The van der Waals surface area contributed by atoms with Gasteiger partial charge in [-0.25, -0.2) is 4.79 Å². The number of hydrogen-bond acceptors (Lipinski definition) is 5. The Morgan fingerprint density at radius 2 is 2.39 bits per heavy atom. The Kier molecular flexibility index (Phi) is 3.94. The molecule has 0 N–H and O–H groups in total. The largest absolute Gasteiger partial charge is 0.461 e. The van der Waals surface area contributed by atoms with Crippen LogP contribution in [0, 0.1) is 0 Å². The van der Waals surface area contributed by atoms with Crippen molar-refractivity contribution in [2.45, 2.75) is 13.3 Å². The minimum Gasteiger partial charge on any atom is -0.461 e. The molecule has 0 aromatic heterocycles. The summed E-state index contributed by atoms with van der Waals surface area (Å²) in [4.78, 5) is 11.6. The van der Waals surface area contributed by atoms with Crippen LogP contribution in [0.1, 0.15) is 13.3 Å².